The summed E-state index contributed by atoms with van der Waals surface area (Å²) in [4.78, 5) is 0. The molecule has 2 aromatic rings. The fourth-order valence-corrected chi connectivity index (χ4v) is 2.32. The quantitative estimate of drug-likeness (QED) is 0.784. The summed E-state index contributed by atoms with van der Waals surface area (Å²) in [7, 11) is 0. The third-order valence-electron chi connectivity index (χ3n) is 2.63. The second kappa shape index (κ2) is 5.53. The van der Waals surface area contributed by atoms with E-state index in [9.17, 15) is 18.3 Å². The molecule has 6 heteroatoms. The Hall–Kier alpha value is -1.04. The number of hydrogen-bond acceptors (Lipinski definition) is 1. The van der Waals surface area contributed by atoms with Gasteiger partial charge in [0.15, 0.2) is 0 Å². The molecule has 0 radical (unpaired) electrons. The van der Waals surface area contributed by atoms with Gasteiger partial charge in [-0.2, -0.15) is 0 Å². The van der Waals surface area contributed by atoms with E-state index in [4.69, 9.17) is 11.6 Å². The Bertz CT molecular complexity index is 613. The van der Waals surface area contributed by atoms with Crippen LogP contribution in [0.5, 0.6) is 0 Å². The zero-order chi connectivity index (χ0) is 14.2. The first kappa shape index (κ1) is 14.4. The van der Waals surface area contributed by atoms with E-state index < -0.39 is 29.1 Å². The molecule has 1 atom stereocenters. The SMILES string of the molecule is OC(c1c(F)cccc1Cl)c1c(F)ccc(Br)c1F. The Labute approximate surface area is 120 Å². The van der Waals surface area contributed by atoms with Crippen molar-refractivity contribution in [3.05, 3.63) is 68.4 Å². The van der Waals surface area contributed by atoms with Crippen molar-refractivity contribution in [1.29, 1.82) is 0 Å². The number of aliphatic hydroxyl groups is 1. The van der Waals surface area contributed by atoms with Gasteiger partial charge in [-0.1, -0.05) is 17.7 Å². The molecule has 2 aromatic carbocycles. The number of benzene rings is 2. The van der Waals surface area contributed by atoms with Crippen LogP contribution in [0.2, 0.25) is 5.02 Å². The Kier molecular flexibility index (Phi) is 4.18. The fraction of sp³-hybridized carbons (Fsp3) is 0.0769. The lowest BCUT2D eigenvalue weighted by Gasteiger charge is -2.16. The highest BCUT2D eigenvalue weighted by atomic mass is 79.9. The first-order valence-corrected chi connectivity index (χ1v) is 6.36. The monoisotopic (exact) mass is 350 g/mol. The van der Waals surface area contributed by atoms with E-state index >= 15 is 0 Å². The summed E-state index contributed by atoms with van der Waals surface area (Å²) in [5.41, 5.74) is -1.01. The van der Waals surface area contributed by atoms with Gasteiger partial charge in [0.2, 0.25) is 0 Å². The zero-order valence-electron chi connectivity index (χ0n) is 9.30. The highest BCUT2D eigenvalue weighted by Crippen LogP contribution is 2.35. The smallest absolute Gasteiger partial charge is 0.146 e. The minimum Gasteiger partial charge on any atom is -0.383 e. The van der Waals surface area contributed by atoms with E-state index in [1.54, 1.807) is 0 Å². The van der Waals surface area contributed by atoms with Crippen LogP contribution < -0.4 is 0 Å². The molecule has 1 unspecified atom stereocenters. The van der Waals surface area contributed by atoms with E-state index in [0.29, 0.717) is 0 Å². The first-order chi connectivity index (χ1) is 8.93. The molecule has 0 heterocycles. The van der Waals surface area contributed by atoms with Gasteiger partial charge in [0.05, 0.1) is 10.0 Å². The van der Waals surface area contributed by atoms with Crippen LogP contribution in [0, 0.1) is 17.5 Å². The maximum absolute atomic E-state index is 13.8. The fourth-order valence-electron chi connectivity index (χ4n) is 1.71. The second-order valence-corrected chi connectivity index (χ2v) is 5.06. The summed E-state index contributed by atoms with van der Waals surface area (Å²) in [5, 5.41) is 9.91. The molecular formula is C13H7BrClF3O. The third-order valence-corrected chi connectivity index (χ3v) is 3.57. The predicted molar refractivity (Wildman–Crippen MR) is 69.5 cm³/mol. The lowest BCUT2D eigenvalue weighted by molar-refractivity contribution is 0.204. The molecule has 19 heavy (non-hydrogen) atoms. The molecule has 0 bridgehead atoms. The molecule has 0 spiro atoms. The summed E-state index contributed by atoms with van der Waals surface area (Å²) in [6.45, 7) is 0. The Morgan fingerprint density at radius 1 is 1.00 bits per heavy atom. The van der Waals surface area contributed by atoms with Crippen molar-refractivity contribution in [2.75, 3.05) is 0 Å². The van der Waals surface area contributed by atoms with Gasteiger partial charge in [-0.25, -0.2) is 13.2 Å². The Morgan fingerprint density at radius 3 is 2.26 bits per heavy atom. The van der Waals surface area contributed by atoms with E-state index in [2.05, 4.69) is 15.9 Å². The molecule has 100 valence electrons. The van der Waals surface area contributed by atoms with Gasteiger partial charge in [-0.15, -0.1) is 0 Å². The molecule has 2 rings (SSSR count). The van der Waals surface area contributed by atoms with Crippen molar-refractivity contribution in [1.82, 2.24) is 0 Å². The van der Waals surface area contributed by atoms with Gasteiger partial charge < -0.3 is 5.11 Å². The standard InChI is InChI=1S/C13H7BrClF3O/c14-6-4-5-9(17)11(12(6)18)13(19)10-7(15)2-1-3-8(10)16/h1-5,13,19H. The number of hydrogen-bond donors (Lipinski definition) is 1. The van der Waals surface area contributed by atoms with Gasteiger partial charge in [0.1, 0.15) is 23.6 Å². The molecule has 0 aromatic heterocycles. The highest BCUT2D eigenvalue weighted by Gasteiger charge is 2.25. The van der Waals surface area contributed by atoms with Gasteiger partial charge in [0.25, 0.3) is 0 Å². The summed E-state index contributed by atoms with van der Waals surface area (Å²) in [6.07, 6.45) is -1.83. The molecular weight excluding hydrogens is 344 g/mol. The molecule has 0 aliphatic rings. The summed E-state index contributed by atoms with van der Waals surface area (Å²) < 4.78 is 41.1. The molecule has 0 saturated carbocycles. The van der Waals surface area contributed by atoms with Gasteiger partial charge in [-0.05, 0) is 40.2 Å². The third kappa shape index (κ3) is 2.63. The van der Waals surface area contributed by atoms with Crippen LogP contribution in [-0.4, -0.2) is 5.11 Å². The lowest BCUT2D eigenvalue weighted by Crippen LogP contribution is -2.09. The number of rotatable bonds is 2. The average molecular weight is 352 g/mol. The first-order valence-electron chi connectivity index (χ1n) is 5.19. The normalized spacial score (nSPS) is 12.5. The van der Waals surface area contributed by atoms with Crippen LogP contribution in [0.15, 0.2) is 34.8 Å². The molecule has 1 nitrogen and oxygen atoms in total. The van der Waals surface area contributed by atoms with Crippen molar-refractivity contribution in [2.45, 2.75) is 6.10 Å². The van der Waals surface area contributed by atoms with Crippen molar-refractivity contribution >= 4 is 27.5 Å². The molecule has 0 amide bonds. The van der Waals surface area contributed by atoms with E-state index in [1.807, 2.05) is 0 Å². The second-order valence-electron chi connectivity index (χ2n) is 3.79. The van der Waals surface area contributed by atoms with Crippen LogP contribution in [-0.2, 0) is 0 Å². The average Bonchev–Trinajstić information content (AvgIpc) is 2.34. The van der Waals surface area contributed by atoms with Crippen molar-refractivity contribution in [2.24, 2.45) is 0 Å². The summed E-state index contributed by atoms with van der Waals surface area (Å²) >= 11 is 8.64. The van der Waals surface area contributed by atoms with E-state index in [1.165, 1.54) is 12.1 Å². The van der Waals surface area contributed by atoms with Gasteiger partial charge >= 0.3 is 0 Å². The van der Waals surface area contributed by atoms with Crippen LogP contribution >= 0.6 is 27.5 Å². The molecule has 0 aliphatic carbocycles. The van der Waals surface area contributed by atoms with Crippen LogP contribution in [0.3, 0.4) is 0 Å². The van der Waals surface area contributed by atoms with E-state index in [-0.39, 0.29) is 15.1 Å². The zero-order valence-corrected chi connectivity index (χ0v) is 11.6. The number of aliphatic hydroxyl groups excluding tert-OH is 1. The van der Waals surface area contributed by atoms with Gasteiger partial charge in [-0.3, -0.25) is 0 Å². The van der Waals surface area contributed by atoms with Crippen LogP contribution in [0.1, 0.15) is 17.2 Å². The maximum Gasteiger partial charge on any atom is 0.146 e. The molecule has 1 N–H and O–H groups in total. The maximum atomic E-state index is 13.8. The molecule has 0 fully saturated rings. The van der Waals surface area contributed by atoms with Gasteiger partial charge in [0, 0.05) is 10.6 Å². The molecule has 0 aliphatic heterocycles. The molecule has 0 saturated heterocycles. The lowest BCUT2D eigenvalue weighted by atomic mass is 10.00. The minimum absolute atomic E-state index is 0.0320. The topological polar surface area (TPSA) is 20.2 Å². The van der Waals surface area contributed by atoms with Crippen molar-refractivity contribution in [3.63, 3.8) is 0 Å². The predicted octanol–water partition coefficient (Wildman–Crippen LogP) is 4.60. The summed E-state index contributed by atoms with van der Waals surface area (Å²) in [6, 6.07) is 5.85. The largest absolute Gasteiger partial charge is 0.383 e. The number of halogens is 5. The van der Waals surface area contributed by atoms with Crippen LogP contribution in [0.25, 0.3) is 0 Å². The van der Waals surface area contributed by atoms with Crippen LogP contribution in [0.4, 0.5) is 13.2 Å². The Balaban J connectivity index is 2.63. The Morgan fingerprint density at radius 2 is 1.63 bits per heavy atom. The minimum atomic E-state index is -1.83. The van der Waals surface area contributed by atoms with Crippen molar-refractivity contribution in [3.8, 4) is 0 Å². The highest BCUT2D eigenvalue weighted by molar-refractivity contribution is 9.10. The summed E-state index contributed by atoms with van der Waals surface area (Å²) in [5.74, 6) is -2.81. The van der Waals surface area contributed by atoms with E-state index in [0.717, 1.165) is 18.2 Å². The van der Waals surface area contributed by atoms with Crippen molar-refractivity contribution < 1.29 is 18.3 Å².